The predicted molar refractivity (Wildman–Crippen MR) is 117 cm³/mol. The highest BCUT2D eigenvalue weighted by atomic mass is 35.5. The topological polar surface area (TPSA) is 59.3 Å². The van der Waals surface area contributed by atoms with Gasteiger partial charge in [-0.1, -0.05) is 17.7 Å². The number of alkyl halides is 3. The van der Waals surface area contributed by atoms with Crippen LogP contribution >= 0.6 is 11.6 Å². The lowest BCUT2D eigenvalue weighted by Crippen LogP contribution is -2.18. The Morgan fingerprint density at radius 2 is 1.91 bits per heavy atom. The Balaban J connectivity index is 1.70. The molecule has 1 aromatic carbocycles. The van der Waals surface area contributed by atoms with Gasteiger partial charge in [-0.05, 0) is 55.3 Å². The molecule has 0 aliphatic carbocycles. The fourth-order valence-corrected chi connectivity index (χ4v) is 3.62. The third-order valence-electron chi connectivity index (χ3n) is 5.05. The van der Waals surface area contributed by atoms with Gasteiger partial charge in [0.05, 0.1) is 28.4 Å². The first-order valence-corrected chi connectivity index (χ1v) is 10.2. The van der Waals surface area contributed by atoms with Crippen molar-refractivity contribution in [3.8, 4) is 11.3 Å². The second-order valence-corrected chi connectivity index (χ2v) is 7.99. The number of carbonyl (C=O) groups is 1. The van der Waals surface area contributed by atoms with E-state index in [1.807, 2.05) is 19.2 Å². The highest BCUT2D eigenvalue weighted by Gasteiger charge is 2.31. The SMILES string of the molecule is Cc1ccc2nc(-c3ccc(F)c(C)c3)c(CC(=O)Nc3ncc(C(F)(F)F)cc3Cl)n2c1. The van der Waals surface area contributed by atoms with Gasteiger partial charge in [0.2, 0.25) is 5.91 Å². The average Bonchev–Trinajstić information content (AvgIpc) is 3.08. The second kappa shape index (κ2) is 8.47. The van der Waals surface area contributed by atoms with E-state index in [4.69, 9.17) is 11.6 Å². The number of benzene rings is 1. The summed E-state index contributed by atoms with van der Waals surface area (Å²) in [6.45, 7) is 3.51. The first kappa shape index (κ1) is 22.7. The van der Waals surface area contributed by atoms with Crippen molar-refractivity contribution in [2.24, 2.45) is 0 Å². The molecule has 4 rings (SSSR count). The number of aryl methyl sites for hydroxylation is 2. The van der Waals surface area contributed by atoms with Crippen molar-refractivity contribution in [3.05, 3.63) is 82.0 Å². The van der Waals surface area contributed by atoms with Gasteiger partial charge in [-0.25, -0.2) is 14.4 Å². The van der Waals surface area contributed by atoms with Gasteiger partial charge in [0.15, 0.2) is 5.82 Å². The number of hydrogen-bond acceptors (Lipinski definition) is 3. The number of hydrogen-bond donors (Lipinski definition) is 1. The minimum absolute atomic E-state index is 0.171. The van der Waals surface area contributed by atoms with E-state index in [0.717, 1.165) is 5.56 Å². The molecule has 3 heterocycles. The largest absolute Gasteiger partial charge is 0.417 e. The number of amides is 1. The Morgan fingerprint density at radius 3 is 2.58 bits per heavy atom. The molecule has 0 fully saturated rings. The highest BCUT2D eigenvalue weighted by molar-refractivity contribution is 6.33. The number of nitrogens with one attached hydrogen (secondary N) is 1. The number of fused-ring (bicyclic) bond motifs is 1. The van der Waals surface area contributed by atoms with E-state index in [1.54, 1.807) is 29.5 Å². The molecule has 0 spiro atoms. The maximum Gasteiger partial charge on any atom is 0.417 e. The molecule has 0 saturated heterocycles. The zero-order valence-electron chi connectivity index (χ0n) is 17.5. The summed E-state index contributed by atoms with van der Waals surface area (Å²) in [5.74, 6) is -1.09. The summed E-state index contributed by atoms with van der Waals surface area (Å²) in [5, 5.41) is 2.12. The summed E-state index contributed by atoms with van der Waals surface area (Å²) < 4.78 is 54.0. The molecule has 3 aromatic heterocycles. The van der Waals surface area contributed by atoms with E-state index in [-0.39, 0.29) is 23.1 Å². The summed E-state index contributed by atoms with van der Waals surface area (Å²) >= 11 is 5.91. The van der Waals surface area contributed by atoms with E-state index in [1.165, 1.54) is 6.07 Å². The Bertz CT molecular complexity index is 1380. The minimum atomic E-state index is -4.60. The molecule has 0 radical (unpaired) electrons. The third kappa shape index (κ3) is 4.68. The molecule has 1 amide bonds. The Kier molecular flexibility index (Phi) is 5.84. The zero-order valence-corrected chi connectivity index (χ0v) is 18.2. The Morgan fingerprint density at radius 1 is 1.15 bits per heavy atom. The van der Waals surface area contributed by atoms with E-state index < -0.39 is 17.6 Å². The summed E-state index contributed by atoms with van der Waals surface area (Å²) in [6, 6.07) is 8.92. The van der Waals surface area contributed by atoms with Gasteiger partial charge in [0, 0.05) is 18.0 Å². The van der Waals surface area contributed by atoms with E-state index >= 15 is 0 Å². The van der Waals surface area contributed by atoms with Crippen LogP contribution in [-0.2, 0) is 17.4 Å². The Hall–Kier alpha value is -3.46. The first-order valence-electron chi connectivity index (χ1n) is 9.79. The standard InChI is InChI=1S/C23H17ClF4N4O/c1-12-3-6-19-30-21(14-4-5-17(25)13(2)7-14)18(32(19)11-12)9-20(33)31-22-16(24)8-15(10-29-22)23(26,27)28/h3-8,10-11H,9H2,1-2H3,(H,29,31,33). The van der Waals surface area contributed by atoms with Crippen LogP contribution in [0.5, 0.6) is 0 Å². The monoisotopic (exact) mass is 476 g/mol. The lowest BCUT2D eigenvalue weighted by atomic mass is 10.1. The van der Waals surface area contributed by atoms with Crippen molar-refractivity contribution in [3.63, 3.8) is 0 Å². The molecule has 0 aliphatic rings. The number of rotatable bonds is 4. The lowest BCUT2D eigenvalue weighted by Gasteiger charge is -2.11. The van der Waals surface area contributed by atoms with E-state index in [9.17, 15) is 22.4 Å². The number of halogens is 5. The van der Waals surface area contributed by atoms with Crippen molar-refractivity contribution >= 4 is 29.0 Å². The molecular weight excluding hydrogens is 460 g/mol. The summed E-state index contributed by atoms with van der Waals surface area (Å²) in [6.07, 6.45) is -2.36. The molecule has 4 aromatic rings. The van der Waals surface area contributed by atoms with Crippen LogP contribution < -0.4 is 5.32 Å². The van der Waals surface area contributed by atoms with Gasteiger partial charge in [0.1, 0.15) is 11.5 Å². The van der Waals surface area contributed by atoms with Crippen LogP contribution in [0.4, 0.5) is 23.4 Å². The molecule has 10 heteroatoms. The van der Waals surface area contributed by atoms with Crippen molar-refractivity contribution in [2.75, 3.05) is 5.32 Å². The molecule has 0 unspecified atom stereocenters. The number of pyridine rings is 2. The predicted octanol–water partition coefficient (Wildman–Crippen LogP) is 6.01. The van der Waals surface area contributed by atoms with Gasteiger partial charge in [-0.3, -0.25) is 4.79 Å². The quantitative estimate of drug-likeness (QED) is 0.367. The van der Waals surface area contributed by atoms with Crippen molar-refractivity contribution in [1.29, 1.82) is 0 Å². The van der Waals surface area contributed by atoms with Crippen LogP contribution in [0, 0.1) is 19.7 Å². The van der Waals surface area contributed by atoms with Gasteiger partial charge in [0.25, 0.3) is 0 Å². The van der Waals surface area contributed by atoms with E-state index in [2.05, 4.69) is 15.3 Å². The number of nitrogens with zero attached hydrogens (tertiary/aromatic N) is 3. The maximum atomic E-state index is 13.8. The molecule has 33 heavy (non-hydrogen) atoms. The van der Waals surface area contributed by atoms with Crippen LogP contribution in [0.2, 0.25) is 5.02 Å². The molecular formula is C23H17ClF4N4O. The first-order chi connectivity index (χ1) is 15.5. The summed E-state index contributed by atoms with van der Waals surface area (Å²) in [4.78, 5) is 21.1. The van der Waals surface area contributed by atoms with Gasteiger partial charge in [-0.15, -0.1) is 0 Å². The van der Waals surface area contributed by atoms with Crippen LogP contribution in [0.25, 0.3) is 16.9 Å². The Labute approximate surface area is 191 Å². The van der Waals surface area contributed by atoms with Gasteiger partial charge >= 0.3 is 6.18 Å². The average molecular weight is 477 g/mol. The number of imidazole rings is 1. The molecule has 5 nitrogen and oxygen atoms in total. The van der Waals surface area contributed by atoms with Crippen LogP contribution in [0.3, 0.4) is 0 Å². The van der Waals surface area contributed by atoms with Crippen LogP contribution in [-0.4, -0.2) is 20.3 Å². The lowest BCUT2D eigenvalue weighted by molar-refractivity contribution is -0.137. The zero-order chi connectivity index (χ0) is 23.9. The molecule has 0 bridgehead atoms. The minimum Gasteiger partial charge on any atom is -0.309 e. The fourth-order valence-electron chi connectivity index (χ4n) is 3.40. The van der Waals surface area contributed by atoms with Gasteiger partial charge in [-0.2, -0.15) is 13.2 Å². The summed E-state index contributed by atoms with van der Waals surface area (Å²) in [5.41, 5.74) is 2.57. The smallest absolute Gasteiger partial charge is 0.309 e. The second-order valence-electron chi connectivity index (χ2n) is 7.58. The van der Waals surface area contributed by atoms with Crippen molar-refractivity contribution in [2.45, 2.75) is 26.4 Å². The number of aromatic nitrogens is 3. The van der Waals surface area contributed by atoms with Crippen molar-refractivity contribution in [1.82, 2.24) is 14.4 Å². The third-order valence-corrected chi connectivity index (χ3v) is 5.34. The molecule has 0 aliphatic heterocycles. The maximum absolute atomic E-state index is 13.8. The molecule has 1 N–H and O–H groups in total. The van der Waals surface area contributed by atoms with Gasteiger partial charge < -0.3 is 9.72 Å². The highest BCUT2D eigenvalue weighted by Crippen LogP contribution is 2.33. The van der Waals surface area contributed by atoms with E-state index in [0.29, 0.717) is 40.4 Å². The fraction of sp³-hybridized carbons (Fsp3) is 0.174. The molecule has 0 saturated carbocycles. The normalized spacial score (nSPS) is 11.7. The summed E-state index contributed by atoms with van der Waals surface area (Å²) in [7, 11) is 0. The number of anilines is 1. The van der Waals surface area contributed by atoms with Crippen LogP contribution in [0.15, 0.2) is 48.8 Å². The molecule has 0 atom stereocenters. The molecule has 170 valence electrons. The van der Waals surface area contributed by atoms with Crippen molar-refractivity contribution < 1.29 is 22.4 Å². The van der Waals surface area contributed by atoms with Crippen LogP contribution in [0.1, 0.15) is 22.4 Å². The number of carbonyl (C=O) groups excluding carboxylic acids is 1.